The number of rotatable bonds is 2. The molecule has 1 aliphatic carbocycles. The van der Waals surface area contributed by atoms with Crippen LogP contribution in [0.15, 0.2) is 28.8 Å². The summed E-state index contributed by atoms with van der Waals surface area (Å²) in [6.45, 7) is -0.0993. The average molecular weight is 215 g/mol. The highest BCUT2D eigenvalue weighted by molar-refractivity contribution is 5.61. The number of nitrogens with zero attached hydrogens (tertiary/aromatic N) is 1. The number of hydrogen-bond acceptors (Lipinski definition) is 3. The van der Waals surface area contributed by atoms with Gasteiger partial charge in [0.25, 0.3) is 0 Å². The number of benzene rings is 1. The van der Waals surface area contributed by atoms with Crippen molar-refractivity contribution in [2.75, 3.05) is 0 Å². The molecule has 1 heterocycles. The largest absolute Gasteiger partial charge is 0.388 e. The maximum atomic E-state index is 8.92. The molecule has 1 aromatic heterocycles. The quantitative estimate of drug-likeness (QED) is 0.836. The summed E-state index contributed by atoms with van der Waals surface area (Å²) in [4.78, 5) is 0. The van der Waals surface area contributed by atoms with E-state index >= 15 is 0 Å². The molecule has 1 aliphatic rings. The lowest BCUT2D eigenvalue weighted by Gasteiger charge is -2.01. The Kier molecular flexibility index (Phi) is 2.26. The zero-order valence-electron chi connectivity index (χ0n) is 8.94. The summed E-state index contributed by atoms with van der Waals surface area (Å²) in [7, 11) is 0. The maximum Gasteiger partial charge on any atom is 0.162 e. The van der Waals surface area contributed by atoms with Crippen molar-refractivity contribution in [1.29, 1.82) is 0 Å². The first-order valence-corrected chi connectivity index (χ1v) is 5.55. The van der Waals surface area contributed by atoms with Crippen LogP contribution in [0.3, 0.4) is 0 Å². The molecule has 0 fully saturated rings. The number of aromatic nitrogens is 1. The Morgan fingerprint density at radius 3 is 2.88 bits per heavy atom. The average Bonchev–Trinajstić information content (AvgIpc) is 2.96. The number of hydrogen-bond donors (Lipinski definition) is 1. The Balaban J connectivity index is 2.00. The maximum absolute atomic E-state index is 8.92. The Morgan fingerprint density at radius 2 is 2.06 bits per heavy atom. The number of aliphatic hydroxyl groups is 1. The van der Waals surface area contributed by atoms with E-state index in [4.69, 9.17) is 9.63 Å². The van der Waals surface area contributed by atoms with Gasteiger partial charge in [-0.25, -0.2) is 0 Å². The molecule has 0 unspecified atom stereocenters. The van der Waals surface area contributed by atoms with Gasteiger partial charge in [0.15, 0.2) is 5.76 Å². The fourth-order valence-electron chi connectivity index (χ4n) is 2.25. The highest BCUT2D eigenvalue weighted by Gasteiger charge is 2.13. The highest BCUT2D eigenvalue weighted by atomic mass is 16.5. The summed E-state index contributed by atoms with van der Waals surface area (Å²) in [6, 6.07) is 8.21. The van der Waals surface area contributed by atoms with Crippen LogP contribution in [-0.2, 0) is 19.4 Å². The van der Waals surface area contributed by atoms with Gasteiger partial charge in [0, 0.05) is 11.6 Å². The lowest BCUT2D eigenvalue weighted by atomic mass is 10.0. The minimum absolute atomic E-state index is 0.0993. The van der Waals surface area contributed by atoms with Crippen LogP contribution < -0.4 is 0 Å². The first-order valence-electron chi connectivity index (χ1n) is 5.55. The van der Waals surface area contributed by atoms with Gasteiger partial charge in [-0.15, -0.1) is 0 Å². The second kappa shape index (κ2) is 3.76. The topological polar surface area (TPSA) is 46.3 Å². The van der Waals surface area contributed by atoms with Crippen molar-refractivity contribution in [2.24, 2.45) is 0 Å². The van der Waals surface area contributed by atoms with E-state index in [-0.39, 0.29) is 6.61 Å². The van der Waals surface area contributed by atoms with Gasteiger partial charge < -0.3 is 9.63 Å². The third-order valence-electron chi connectivity index (χ3n) is 3.11. The van der Waals surface area contributed by atoms with E-state index in [1.54, 1.807) is 6.07 Å². The second-order valence-corrected chi connectivity index (χ2v) is 4.17. The van der Waals surface area contributed by atoms with Gasteiger partial charge >= 0.3 is 0 Å². The molecule has 3 heteroatoms. The van der Waals surface area contributed by atoms with Gasteiger partial charge in [0.05, 0.1) is 0 Å². The summed E-state index contributed by atoms with van der Waals surface area (Å²) in [5.41, 5.74) is 4.75. The van der Waals surface area contributed by atoms with Crippen molar-refractivity contribution >= 4 is 0 Å². The molecule has 0 amide bonds. The smallest absolute Gasteiger partial charge is 0.162 e. The minimum atomic E-state index is -0.0993. The third-order valence-corrected chi connectivity index (χ3v) is 3.11. The molecule has 0 atom stereocenters. The molecule has 0 aliphatic heterocycles. The SMILES string of the molecule is OCc1cc(-c2ccc3c(c2)CCC3)no1. The van der Waals surface area contributed by atoms with Crippen LogP contribution in [0.4, 0.5) is 0 Å². The van der Waals surface area contributed by atoms with Crippen molar-refractivity contribution in [3.63, 3.8) is 0 Å². The van der Waals surface area contributed by atoms with Crippen LogP contribution in [0.5, 0.6) is 0 Å². The van der Waals surface area contributed by atoms with Crippen LogP contribution in [0.1, 0.15) is 23.3 Å². The van der Waals surface area contributed by atoms with Crippen LogP contribution in [-0.4, -0.2) is 10.3 Å². The molecule has 0 saturated heterocycles. The van der Waals surface area contributed by atoms with E-state index in [1.165, 1.54) is 24.0 Å². The van der Waals surface area contributed by atoms with Crippen molar-refractivity contribution in [3.05, 3.63) is 41.2 Å². The van der Waals surface area contributed by atoms with Crippen LogP contribution in [0.2, 0.25) is 0 Å². The second-order valence-electron chi connectivity index (χ2n) is 4.17. The molecule has 3 rings (SSSR count). The van der Waals surface area contributed by atoms with Crippen molar-refractivity contribution in [3.8, 4) is 11.3 Å². The van der Waals surface area contributed by atoms with Gasteiger partial charge in [-0.1, -0.05) is 17.3 Å². The van der Waals surface area contributed by atoms with E-state index in [0.717, 1.165) is 17.7 Å². The normalized spacial score (nSPS) is 14.1. The van der Waals surface area contributed by atoms with Crippen molar-refractivity contribution < 1.29 is 9.63 Å². The molecule has 0 radical (unpaired) electrons. The fourth-order valence-corrected chi connectivity index (χ4v) is 2.25. The summed E-state index contributed by atoms with van der Waals surface area (Å²) >= 11 is 0. The molecular weight excluding hydrogens is 202 g/mol. The van der Waals surface area contributed by atoms with Gasteiger partial charge in [0.1, 0.15) is 12.3 Å². The van der Waals surface area contributed by atoms with Gasteiger partial charge in [0.2, 0.25) is 0 Å². The summed E-state index contributed by atoms with van der Waals surface area (Å²) < 4.78 is 4.99. The third kappa shape index (κ3) is 1.53. The summed E-state index contributed by atoms with van der Waals surface area (Å²) in [6.07, 6.45) is 3.60. The van der Waals surface area contributed by atoms with E-state index in [9.17, 15) is 0 Å². The standard InChI is InChI=1S/C13H13NO2/c15-8-12-7-13(14-16-12)11-5-4-9-2-1-3-10(9)6-11/h4-7,15H,1-3,8H2. The zero-order valence-corrected chi connectivity index (χ0v) is 8.94. The molecule has 0 spiro atoms. The molecule has 16 heavy (non-hydrogen) atoms. The minimum Gasteiger partial charge on any atom is -0.388 e. The molecule has 0 bridgehead atoms. The first-order chi connectivity index (χ1) is 7.86. The van der Waals surface area contributed by atoms with Crippen molar-refractivity contribution in [1.82, 2.24) is 5.16 Å². The predicted octanol–water partition coefficient (Wildman–Crippen LogP) is 2.32. The van der Waals surface area contributed by atoms with E-state index < -0.39 is 0 Å². The Labute approximate surface area is 93.7 Å². The van der Waals surface area contributed by atoms with Gasteiger partial charge in [-0.05, 0) is 36.5 Å². The zero-order chi connectivity index (χ0) is 11.0. The molecular formula is C13H13NO2. The lowest BCUT2D eigenvalue weighted by molar-refractivity contribution is 0.229. The number of aliphatic hydroxyl groups excluding tert-OH is 1. The predicted molar refractivity (Wildman–Crippen MR) is 59.9 cm³/mol. The van der Waals surface area contributed by atoms with Crippen LogP contribution >= 0.6 is 0 Å². The van der Waals surface area contributed by atoms with Gasteiger partial charge in [-0.3, -0.25) is 0 Å². The van der Waals surface area contributed by atoms with E-state index in [0.29, 0.717) is 5.76 Å². The van der Waals surface area contributed by atoms with E-state index in [2.05, 4.69) is 23.4 Å². The Morgan fingerprint density at radius 1 is 1.19 bits per heavy atom. The Hall–Kier alpha value is -1.61. The molecule has 82 valence electrons. The number of fused-ring (bicyclic) bond motifs is 1. The molecule has 3 nitrogen and oxygen atoms in total. The molecule has 1 aromatic carbocycles. The monoisotopic (exact) mass is 215 g/mol. The van der Waals surface area contributed by atoms with E-state index in [1.807, 2.05) is 0 Å². The van der Waals surface area contributed by atoms with Crippen LogP contribution in [0, 0.1) is 0 Å². The first kappa shape index (κ1) is 9.60. The Bertz CT molecular complexity index is 516. The fraction of sp³-hybridized carbons (Fsp3) is 0.308. The van der Waals surface area contributed by atoms with Crippen LogP contribution in [0.25, 0.3) is 11.3 Å². The van der Waals surface area contributed by atoms with Gasteiger partial charge in [-0.2, -0.15) is 0 Å². The summed E-state index contributed by atoms with van der Waals surface area (Å²) in [5.74, 6) is 0.510. The molecule has 2 aromatic rings. The lowest BCUT2D eigenvalue weighted by Crippen LogP contribution is -1.84. The summed E-state index contributed by atoms with van der Waals surface area (Å²) in [5, 5.41) is 12.9. The number of aryl methyl sites for hydroxylation is 2. The molecule has 1 N–H and O–H groups in total. The highest BCUT2D eigenvalue weighted by Crippen LogP contribution is 2.27. The molecule has 0 saturated carbocycles. The van der Waals surface area contributed by atoms with Crippen molar-refractivity contribution in [2.45, 2.75) is 25.9 Å².